The van der Waals surface area contributed by atoms with E-state index in [0.29, 0.717) is 24.7 Å². The van der Waals surface area contributed by atoms with Crippen LogP contribution in [0.15, 0.2) is 0 Å². The third-order valence-corrected chi connectivity index (χ3v) is 2.73. The fraction of sp³-hybridized carbons (Fsp3) is 0.750. The lowest BCUT2D eigenvalue weighted by Crippen LogP contribution is -2.22. The molecule has 1 aromatic rings. The Balaban J connectivity index is 2.99. The third-order valence-electron chi connectivity index (χ3n) is 2.73. The van der Waals surface area contributed by atoms with Crippen molar-refractivity contribution in [3.63, 3.8) is 0 Å². The minimum Gasteiger partial charge on any atom is -0.377 e. The van der Waals surface area contributed by atoms with E-state index >= 15 is 0 Å². The van der Waals surface area contributed by atoms with Crippen molar-refractivity contribution in [2.75, 3.05) is 18.5 Å². The van der Waals surface area contributed by atoms with Gasteiger partial charge in [0.05, 0.1) is 11.0 Å². The molecule has 0 saturated carbocycles. The van der Waals surface area contributed by atoms with E-state index in [1.165, 1.54) is 0 Å². The van der Waals surface area contributed by atoms with Crippen molar-refractivity contribution in [3.05, 3.63) is 15.8 Å². The van der Waals surface area contributed by atoms with Gasteiger partial charge in [0.2, 0.25) is 5.82 Å². The van der Waals surface area contributed by atoms with E-state index in [-0.39, 0.29) is 17.8 Å². The van der Waals surface area contributed by atoms with Crippen LogP contribution >= 0.6 is 0 Å². The molecule has 19 heavy (non-hydrogen) atoms. The number of anilines is 1. The normalized spacial score (nSPS) is 12.7. The van der Waals surface area contributed by atoms with Gasteiger partial charge in [0.25, 0.3) is 0 Å². The van der Waals surface area contributed by atoms with Gasteiger partial charge in [-0.3, -0.25) is 10.1 Å². The first-order valence-corrected chi connectivity index (χ1v) is 6.47. The Bertz CT molecular complexity index is 442. The Morgan fingerprint density at radius 3 is 2.58 bits per heavy atom. The molecular formula is C12H22N4O3. The van der Waals surface area contributed by atoms with Gasteiger partial charge in [0, 0.05) is 19.2 Å². The molecule has 0 radical (unpaired) electrons. The molecule has 0 spiro atoms. The van der Waals surface area contributed by atoms with Crippen LogP contribution in [0.2, 0.25) is 0 Å². The first-order chi connectivity index (χ1) is 8.88. The van der Waals surface area contributed by atoms with Gasteiger partial charge in [-0.15, -0.1) is 0 Å². The van der Waals surface area contributed by atoms with Crippen LogP contribution in [0.4, 0.5) is 11.5 Å². The van der Waals surface area contributed by atoms with E-state index in [1.54, 1.807) is 11.6 Å². The van der Waals surface area contributed by atoms with Crippen LogP contribution < -0.4 is 5.32 Å². The summed E-state index contributed by atoms with van der Waals surface area (Å²) in [5.74, 6) is 0.448. The smallest absolute Gasteiger partial charge is 0.333 e. The zero-order valence-corrected chi connectivity index (χ0v) is 12.1. The van der Waals surface area contributed by atoms with E-state index in [4.69, 9.17) is 4.74 Å². The zero-order chi connectivity index (χ0) is 14.6. The molecule has 0 aliphatic carbocycles. The molecule has 7 heteroatoms. The van der Waals surface area contributed by atoms with Gasteiger partial charge in [-0.25, -0.2) is 4.68 Å². The summed E-state index contributed by atoms with van der Waals surface area (Å²) in [7, 11) is 0. The molecule has 108 valence electrons. The summed E-state index contributed by atoms with van der Waals surface area (Å²) >= 11 is 0. The van der Waals surface area contributed by atoms with Gasteiger partial charge >= 0.3 is 5.69 Å². The summed E-state index contributed by atoms with van der Waals surface area (Å²) in [5.41, 5.74) is 0.461. The van der Waals surface area contributed by atoms with Crippen LogP contribution in [0, 0.1) is 17.0 Å². The largest absolute Gasteiger partial charge is 0.377 e. The Morgan fingerprint density at radius 1 is 1.47 bits per heavy atom. The van der Waals surface area contributed by atoms with Gasteiger partial charge in [0.1, 0.15) is 5.69 Å². The number of hydrogen-bond donors (Lipinski definition) is 1. The van der Waals surface area contributed by atoms with Crippen molar-refractivity contribution >= 4 is 11.5 Å². The highest BCUT2D eigenvalue weighted by Gasteiger charge is 2.26. The average Bonchev–Trinajstić information content (AvgIpc) is 2.64. The van der Waals surface area contributed by atoms with Crippen molar-refractivity contribution < 1.29 is 9.66 Å². The number of aromatic nitrogens is 2. The molecule has 1 rings (SSSR count). The molecule has 0 amide bonds. The fourth-order valence-corrected chi connectivity index (χ4v) is 1.88. The lowest BCUT2D eigenvalue weighted by molar-refractivity contribution is -0.384. The fourth-order valence-electron chi connectivity index (χ4n) is 1.88. The van der Waals surface area contributed by atoms with E-state index in [9.17, 15) is 10.1 Å². The molecule has 1 atom stereocenters. The van der Waals surface area contributed by atoms with Crippen LogP contribution in [0.3, 0.4) is 0 Å². The number of hydrogen-bond acceptors (Lipinski definition) is 5. The second kappa shape index (κ2) is 6.51. The van der Waals surface area contributed by atoms with Gasteiger partial charge < -0.3 is 10.1 Å². The molecule has 0 fully saturated rings. The highest BCUT2D eigenvalue weighted by Crippen LogP contribution is 2.30. The predicted octanol–water partition coefficient (Wildman–Crippen LogP) is 2.52. The minimum atomic E-state index is -0.394. The Morgan fingerprint density at radius 2 is 2.11 bits per heavy atom. The van der Waals surface area contributed by atoms with E-state index in [1.807, 2.05) is 27.7 Å². The Kier molecular flexibility index (Phi) is 5.29. The average molecular weight is 270 g/mol. The maximum atomic E-state index is 11.1. The van der Waals surface area contributed by atoms with E-state index in [2.05, 4.69) is 10.4 Å². The molecular weight excluding hydrogens is 248 g/mol. The molecule has 0 aliphatic heterocycles. The molecule has 0 saturated heterocycles. The number of nitrogens with one attached hydrogen (secondary N) is 1. The van der Waals surface area contributed by atoms with Gasteiger partial charge in [-0.1, -0.05) is 0 Å². The van der Waals surface area contributed by atoms with E-state index < -0.39 is 4.92 Å². The summed E-state index contributed by atoms with van der Waals surface area (Å²) < 4.78 is 7.05. The Hall–Kier alpha value is -1.63. The number of nitrogens with zero attached hydrogens (tertiary/aromatic N) is 3. The molecule has 7 nitrogen and oxygen atoms in total. The maximum Gasteiger partial charge on any atom is 0.333 e. The molecule has 1 N–H and O–H groups in total. The second-order valence-electron chi connectivity index (χ2n) is 4.72. The quantitative estimate of drug-likeness (QED) is 0.608. The van der Waals surface area contributed by atoms with Gasteiger partial charge in [-0.05, 0) is 34.6 Å². The summed E-state index contributed by atoms with van der Waals surface area (Å²) in [6.45, 7) is 10.5. The first-order valence-electron chi connectivity index (χ1n) is 6.47. The molecule has 1 unspecified atom stereocenters. The van der Waals surface area contributed by atoms with Crippen molar-refractivity contribution in [3.8, 4) is 0 Å². The summed E-state index contributed by atoms with van der Waals surface area (Å²) in [6.07, 6.45) is -0.0135. The van der Waals surface area contributed by atoms with Crippen molar-refractivity contribution in [2.45, 2.75) is 46.8 Å². The second-order valence-corrected chi connectivity index (χ2v) is 4.72. The van der Waals surface area contributed by atoms with Gasteiger partial charge in [-0.2, -0.15) is 5.10 Å². The maximum absolute atomic E-state index is 11.1. The predicted molar refractivity (Wildman–Crippen MR) is 73.6 cm³/mol. The van der Waals surface area contributed by atoms with Crippen molar-refractivity contribution in [1.82, 2.24) is 9.78 Å². The molecule has 0 aliphatic rings. The van der Waals surface area contributed by atoms with Crippen LogP contribution in [0.25, 0.3) is 0 Å². The van der Waals surface area contributed by atoms with Crippen LogP contribution in [-0.4, -0.2) is 34.0 Å². The summed E-state index contributed by atoms with van der Waals surface area (Å²) in [6, 6.07) is 0.0531. The monoisotopic (exact) mass is 270 g/mol. The SMILES string of the molecule is CCOC(C)CNc1c([N+](=O)[O-])c(C)nn1C(C)C. The van der Waals surface area contributed by atoms with Crippen molar-refractivity contribution in [1.29, 1.82) is 0 Å². The lowest BCUT2D eigenvalue weighted by atomic mass is 10.3. The minimum absolute atomic E-state index is 0.0135. The lowest BCUT2D eigenvalue weighted by Gasteiger charge is -2.15. The third kappa shape index (κ3) is 3.66. The van der Waals surface area contributed by atoms with Crippen molar-refractivity contribution in [2.24, 2.45) is 0 Å². The number of ether oxygens (including phenoxy) is 1. The highest BCUT2D eigenvalue weighted by atomic mass is 16.6. The van der Waals surface area contributed by atoms with Gasteiger partial charge in [0.15, 0.2) is 0 Å². The standard InChI is InChI=1S/C12H22N4O3/c1-6-19-9(4)7-13-12-11(16(17)18)10(5)14-15(12)8(2)3/h8-9,13H,6-7H2,1-5H3. The molecule has 1 aromatic heterocycles. The number of nitro groups is 1. The number of rotatable bonds is 7. The van der Waals surface area contributed by atoms with Crippen LogP contribution in [0.1, 0.15) is 39.4 Å². The summed E-state index contributed by atoms with van der Waals surface area (Å²) in [4.78, 5) is 10.7. The molecule has 0 bridgehead atoms. The zero-order valence-electron chi connectivity index (χ0n) is 12.1. The molecule has 0 aromatic carbocycles. The summed E-state index contributed by atoms with van der Waals surface area (Å²) in [5, 5.41) is 18.4. The van der Waals surface area contributed by atoms with Crippen LogP contribution in [-0.2, 0) is 4.74 Å². The van der Waals surface area contributed by atoms with Crippen LogP contribution in [0.5, 0.6) is 0 Å². The van der Waals surface area contributed by atoms with E-state index in [0.717, 1.165) is 0 Å². The number of aryl methyl sites for hydroxylation is 1. The highest BCUT2D eigenvalue weighted by molar-refractivity contribution is 5.59. The topological polar surface area (TPSA) is 82.2 Å². The molecule has 1 heterocycles. The first kappa shape index (κ1) is 15.4. The Labute approximate surface area is 113 Å².